The van der Waals surface area contributed by atoms with Gasteiger partial charge in [0.2, 0.25) is 5.53 Å². The molecule has 0 saturated carbocycles. The quantitative estimate of drug-likeness (QED) is 0.449. The van der Waals surface area contributed by atoms with Gasteiger partial charge in [0.15, 0.2) is 0 Å². The fourth-order valence-electron chi connectivity index (χ4n) is 1.73. The van der Waals surface area contributed by atoms with Crippen LogP contribution < -0.4 is 10.6 Å². The Bertz CT molecular complexity index is 423. The molecule has 0 atom stereocenters. The Morgan fingerprint density at radius 1 is 1.18 bits per heavy atom. The highest BCUT2D eigenvalue weighted by Crippen LogP contribution is 2.29. The van der Waals surface area contributed by atoms with Gasteiger partial charge in [-0.3, -0.25) is 25.1 Å². The Morgan fingerprint density at radius 3 is 1.82 bits per heavy atom. The summed E-state index contributed by atoms with van der Waals surface area (Å²) in [7, 11) is -0.0846. The first-order chi connectivity index (χ1) is 9.85. The van der Waals surface area contributed by atoms with Crippen LogP contribution in [-0.4, -0.2) is 52.2 Å². The number of hydrogen-bond donors (Lipinski definition) is 3. The summed E-state index contributed by atoms with van der Waals surface area (Å²) in [5.74, 6) is -3.84. The van der Waals surface area contributed by atoms with Gasteiger partial charge in [-0.2, -0.15) is 13.2 Å². The lowest BCUT2D eigenvalue weighted by Crippen LogP contribution is -2.70. The third-order valence-electron chi connectivity index (χ3n) is 2.28. The molecule has 0 radical (unpaired) electrons. The van der Waals surface area contributed by atoms with Crippen LogP contribution in [0.15, 0.2) is 0 Å². The first-order valence-corrected chi connectivity index (χ1v) is 8.27. The van der Waals surface area contributed by atoms with E-state index in [1.165, 1.54) is 0 Å². The van der Waals surface area contributed by atoms with E-state index in [1.54, 1.807) is 27.7 Å². The van der Waals surface area contributed by atoms with Gasteiger partial charge in [0.05, 0.1) is 0 Å². The molecule has 0 aliphatic rings. The minimum atomic E-state index is -5.21. The Kier molecular flexibility index (Phi) is 7.84. The van der Waals surface area contributed by atoms with Crippen LogP contribution >= 0.6 is 7.36 Å². The van der Waals surface area contributed by atoms with Gasteiger partial charge < -0.3 is 5.11 Å². The molecule has 128 valence electrons. The third kappa shape index (κ3) is 6.12. The average molecular weight is 361 g/mol. The van der Waals surface area contributed by atoms with Gasteiger partial charge in [-0.05, 0) is 27.7 Å². The molecule has 11 heteroatoms. The molecule has 22 heavy (non-hydrogen) atoms. The number of aliphatic carboxylic acids is 1. The van der Waals surface area contributed by atoms with E-state index < -0.39 is 30.1 Å². The minimum Gasteiger partial charge on any atom is -0.480 e. The van der Waals surface area contributed by atoms with E-state index in [2.05, 4.69) is 10.6 Å². The predicted molar refractivity (Wildman–Crippen MR) is 79.0 cm³/mol. The summed E-state index contributed by atoms with van der Waals surface area (Å²) >= 11 is 4.89. The molecule has 0 heterocycles. The Labute approximate surface area is 133 Å². The molecule has 0 aromatic rings. The summed E-state index contributed by atoms with van der Waals surface area (Å²) < 4.78 is 38.4. The molecule has 0 aliphatic carbocycles. The number of carbonyl (C=O) groups excluding carboxylic acids is 1. The molecule has 0 bridgehead atoms. The second-order valence-electron chi connectivity index (χ2n) is 5.14. The summed E-state index contributed by atoms with van der Waals surface area (Å²) in [6, 6.07) is -0.696. The molecule has 0 aromatic heterocycles. The highest BCUT2D eigenvalue weighted by atomic mass is 32.4. The zero-order valence-electron chi connectivity index (χ0n) is 12.6. The van der Waals surface area contributed by atoms with Gasteiger partial charge >= 0.3 is 18.1 Å². The maximum absolute atomic E-state index is 12.8. The molecule has 1 amide bonds. The fraction of sp³-hybridized carbons (Fsp3) is 0.818. The van der Waals surface area contributed by atoms with Gasteiger partial charge in [-0.1, -0.05) is 11.8 Å². The zero-order chi connectivity index (χ0) is 17.7. The lowest BCUT2D eigenvalue weighted by atomic mass is 10.3. The number of nitrogens with one attached hydrogen (secondary N) is 2. The Hall–Kier alpha value is -0.830. The van der Waals surface area contributed by atoms with Gasteiger partial charge in [0, 0.05) is 19.4 Å². The molecule has 0 rings (SSSR count). The van der Waals surface area contributed by atoms with Gasteiger partial charge in [0.25, 0.3) is 0 Å². The highest BCUT2D eigenvalue weighted by molar-refractivity contribution is 7.97. The first kappa shape index (κ1) is 21.2. The topological polar surface area (TPSA) is 81.7 Å². The van der Waals surface area contributed by atoms with Crippen LogP contribution in [0.4, 0.5) is 13.2 Å². The Balaban J connectivity index is 5.95. The number of halogens is 3. The van der Waals surface area contributed by atoms with Crippen molar-refractivity contribution in [3.05, 3.63) is 0 Å². The summed E-state index contributed by atoms with van der Waals surface area (Å²) in [6.45, 7) is 5.45. The van der Waals surface area contributed by atoms with Crippen LogP contribution in [0, 0.1) is 0 Å². The normalized spacial score (nSPS) is 13.0. The van der Waals surface area contributed by atoms with Crippen LogP contribution in [-0.2, 0) is 21.4 Å². The average Bonchev–Trinajstić information content (AvgIpc) is 2.31. The maximum Gasteiger partial charge on any atom is 0.471 e. The molecular weight excluding hydrogens is 342 g/mol. The van der Waals surface area contributed by atoms with Crippen molar-refractivity contribution in [2.45, 2.75) is 51.5 Å². The van der Waals surface area contributed by atoms with E-state index in [1.807, 2.05) is 0 Å². The number of alkyl halides is 3. The van der Waals surface area contributed by atoms with Crippen molar-refractivity contribution < 1.29 is 27.9 Å². The molecule has 0 unspecified atom stereocenters. The molecule has 0 aliphatic heterocycles. The number of carbonyl (C=O) groups is 2. The van der Waals surface area contributed by atoms with Crippen molar-refractivity contribution in [3.63, 3.8) is 0 Å². The monoisotopic (exact) mass is 361 g/mol. The first-order valence-electron chi connectivity index (χ1n) is 6.36. The minimum absolute atomic E-state index is 0.0846. The number of nitrogens with zero attached hydrogens (tertiary/aromatic N) is 1. The molecule has 0 saturated heterocycles. The second-order valence-corrected chi connectivity index (χ2v) is 6.52. The zero-order valence-corrected chi connectivity index (χ0v) is 14.3. The van der Waals surface area contributed by atoms with Crippen molar-refractivity contribution >= 4 is 31.0 Å². The number of amides is 1. The van der Waals surface area contributed by atoms with Gasteiger partial charge in [-0.15, -0.1) is 0 Å². The fourth-order valence-corrected chi connectivity index (χ4v) is 3.22. The molecule has 3 N–H and O–H groups in total. The van der Waals surface area contributed by atoms with E-state index in [-0.39, 0.29) is 24.3 Å². The van der Waals surface area contributed by atoms with Crippen molar-refractivity contribution in [2.24, 2.45) is 0 Å². The van der Waals surface area contributed by atoms with Crippen LogP contribution in [0.5, 0.6) is 0 Å². The Morgan fingerprint density at radius 2 is 1.59 bits per heavy atom. The molecule has 0 aromatic carbocycles. The number of carboxylic acid groups (broad SMARTS) is 1. The van der Waals surface area contributed by atoms with Crippen LogP contribution in [0.25, 0.3) is 0 Å². The van der Waals surface area contributed by atoms with Crippen molar-refractivity contribution in [1.82, 2.24) is 15.5 Å². The molecule has 6 nitrogen and oxygen atoms in total. The lowest BCUT2D eigenvalue weighted by molar-refractivity contribution is -0.192. The van der Waals surface area contributed by atoms with Crippen LogP contribution in [0.2, 0.25) is 0 Å². The second kappa shape index (κ2) is 8.14. The summed E-state index contributed by atoms with van der Waals surface area (Å²) in [5, 5.41) is 14.4. The summed E-state index contributed by atoms with van der Waals surface area (Å²) in [5.41, 5.74) is -1.82. The third-order valence-corrected chi connectivity index (χ3v) is 3.84. The number of rotatable bonds is 8. The molecule has 0 spiro atoms. The van der Waals surface area contributed by atoms with Crippen LogP contribution in [0.1, 0.15) is 27.7 Å². The summed E-state index contributed by atoms with van der Waals surface area (Å²) in [6.07, 6.45) is -5.21. The SMILES string of the molecule is CC(C)NC(NC(C)C)(P=S)N(CC(=O)O)C(=O)C(F)(F)F. The standard InChI is InChI=1S/C11H19F3N3O3PS/c1-6(2)15-11(21-22,16-7(3)4)17(5-8(18)19)9(20)10(12,13)14/h6-7,15-16H,5H2,1-4H3,(H,18,19). The van der Waals surface area contributed by atoms with Gasteiger partial charge in [0.1, 0.15) is 6.54 Å². The number of carboxylic acids is 1. The molecule has 0 fully saturated rings. The van der Waals surface area contributed by atoms with Crippen molar-refractivity contribution in [3.8, 4) is 0 Å². The van der Waals surface area contributed by atoms with E-state index in [0.717, 1.165) is 0 Å². The largest absolute Gasteiger partial charge is 0.480 e. The van der Waals surface area contributed by atoms with Crippen LogP contribution in [0.3, 0.4) is 0 Å². The van der Waals surface area contributed by atoms with E-state index in [0.29, 0.717) is 0 Å². The van der Waals surface area contributed by atoms with E-state index in [4.69, 9.17) is 16.9 Å². The smallest absolute Gasteiger partial charge is 0.471 e. The van der Waals surface area contributed by atoms with E-state index >= 15 is 0 Å². The highest BCUT2D eigenvalue weighted by Gasteiger charge is 2.51. The maximum atomic E-state index is 12.8. The molecular formula is C11H19F3N3O3PS. The lowest BCUT2D eigenvalue weighted by Gasteiger charge is -2.43. The number of hydrogen-bond acceptors (Lipinski definition) is 5. The predicted octanol–water partition coefficient (Wildman–Crippen LogP) is 1.48. The van der Waals surface area contributed by atoms with Crippen molar-refractivity contribution in [1.29, 1.82) is 0 Å². The van der Waals surface area contributed by atoms with Crippen molar-refractivity contribution in [2.75, 3.05) is 6.54 Å². The van der Waals surface area contributed by atoms with Gasteiger partial charge in [-0.25, -0.2) is 0 Å². The summed E-state index contributed by atoms with van der Waals surface area (Å²) in [4.78, 5) is 22.8. The van der Waals surface area contributed by atoms with E-state index in [9.17, 15) is 22.8 Å².